The molecule has 0 fully saturated rings. The summed E-state index contributed by atoms with van der Waals surface area (Å²) in [6, 6.07) is 16.3. The quantitative estimate of drug-likeness (QED) is 0.410. The van der Waals surface area contributed by atoms with Crippen LogP contribution in [0, 0.1) is 0 Å². The van der Waals surface area contributed by atoms with Crippen molar-refractivity contribution in [3.8, 4) is 22.9 Å². The van der Waals surface area contributed by atoms with E-state index in [-0.39, 0.29) is 18.3 Å². The molecule has 0 atom stereocenters. The number of hydrogen-bond donors (Lipinski definition) is 0. The standard InChI is InChI=1S/C22H13F3N2O3/c23-22(24,25)30-14-9-7-13(8-10-14)12-29-20-15-4-1-2-5-16(15)26-19-17-6-3-11-27(17)21(28)18(19)20/h1-11H,12H2. The highest BCUT2D eigenvalue weighted by Crippen LogP contribution is 2.41. The number of pyridine rings is 1. The van der Waals surface area contributed by atoms with Crippen molar-refractivity contribution in [1.29, 1.82) is 0 Å². The third kappa shape index (κ3) is 3.06. The molecular formula is C22H13F3N2O3. The Morgan fingerprint density at radius 1 is 0.967 bits per heavy atom. The van der Waals surface area contributed by atoms with E-state index in [2.05, 4.69) is 9.72 Å². The lowest BCUT2D eigenvalue weighted by atomic mass is 10.1. The molecule has 5 rings (SSSR count). The lowest BCUT2D eigenvalue weighted by molar-refractivity contribution is -0.274. The molecule has 0 saturated heterocycles. The Morgan fingerprint density at radius 3 is 2.50 bits per heavy atom. The highest BCUT2D eigenvalue weighted by Gasteiger charge is 2.33. The van der Waals surface area contributed by atoms with E-state index in [1.807, 2.05) is 30.3 Å². The number of carbonyl (C=O) groups is 1. The summed E-state index contributed by atoms with van der Waals surface area (Å²) in [6.07, 6.45) is -3.07. The van der Waals surface area contributed by atoms with Crippen molar-refractivity contribution < 1.29 is 27.4 Å². The number of hydrogen-bond acceptors (Lipinski definition) is 4. The molecule has 0 radical (unpaired) electrons. The van der Waals surface area contributed by atoms with Crippen LogP contribution in [-0.4, -0.2) is 21.8 Å². The molecule has 0 aliphatic carbocycles. The second-order valence-corrected chi connectivity index (χ2v) is 6.73. The summed E-state index contributed by atoms with van der Waals surface area (Å²) in [4.78, 5) is 17.6. The van der Waals surface area contributed by atoms with Gasteiger partial charge in [0.05, 0.1) is 11.2 Å². The monoisotopic (exact) mass is 410 g/mol. The van der Waals surface area contributed by atoms with Crippen LogP contribution in [0.1, 0.15) is 15.9 Å². The summed E-state index contributed by atoms with van der Waals surface area (Å²) in [7, 11) is 0. The Morgan fingerprint density at radius 2 is 1.73 bits per heavy atom. The molecule has 3 heterocycles. The molecule has 0 bridgehead atoms. The first-order chi connectivity index (χ1) is 14.4. The molecule has 2 aromatic carbocycles. The number of para-hydroxylation sites is 1. The molecule has 4 aromatic rings. The molecule has 8 heteroatoms. The van der Waals surface area contributed by atoms with Crippen molar-refractivity contribution in [3.05, 3.63) is 78.0 Å². The maximum absolute atomic E-state index is 12.9. The van der Waals surface area contributed by atoms with Crippen LogP contribution >= 0.6 is 0 Å². The summed E-state index contributed by atoms with van der Waals surface area (Å²) >= 11 is 0. The van der Waals surface area contributed by atoms with Crippen molar-refractivity contribution >= 4 is 16.8 Å². The Bertz CT molecular complexity index is 1280. The highest BCUT2D eigenvalue weighted by atomic mass is 19.4. The van der Waals surface area contributed by atoms with Gasteiger partial charge in [0.2, 0.25) is 0 Å². The van der Waals surface area contributed by atoms with Crippen LogP contribution in [-0.2, 0) is 6.61 Å². The van der Waals surface area contributed by atoms with Crippen LogP contribution in [0.5, 0.6) is 11.5 Å². The maximum atomic E-state index is 12.9. The molecule has 0 spiro atoms. The number of aromatic nitrogens is 2. The van der Waals surface area contributed by atoms with Gasteiger partial charge in [-0.15, -0.1) is 13.2 Å². The second-order valence-electron chi connectivity index (χ2n) is 6.73. The van der Waals surface area contributed by atoms with Crippen molar-refractivity contribution in [2.24, 2.45) is 0 Å². The van der Waals surface area contributed by atoms with Crippen molar-refractivity contribution in [2.75, 3.05) is 0 Å². The molecule has 5 nitrogen and oxygen atoms in total. The molecule has 0 N–H and O–H groups in total. The molecule has 0 unspecified atom stereocenters. The number of fused-ring (bicyclic) bond motifs is 4. The zero-order chi connectivity index (χ0) is 20.9. The minimum atomic E-state index is -4.74. The minimum Gasteiger partial charge on any atom is -0.487 e. The van der Waals surface area contributed by atoms with Gasteiger partial charge in [-0.25, -0.2) is 4.98 Å². The van der Waals surface area contributed by atoms with Crippen LogP contribution < -0.4 is 9.47 Å². The van der Waals surface area contributed by atoms with E-state index in [1.54, 1.807) is 12.3 Å². The molecule has 0 saturated carbocycles. The van der Waals surface area contributed by atoms with E-state index < -0.39 is 6.36 Å². The Kier molecular flexibility index (Phi) is 4.02. The van der Waals surface area contributed by atoms with Crippen LogP contribution in [0.4, 0.5) is 13.2 Å². The molecule has 0 amide bonds. The smallest absolute Gasteiger partial charge is 0.487 e. The van der Waals surface area contributed by atoms with E-state index >= 15 is 0 Å². The maximum Gasteiger partial charge on any atom is 0.573 e. The number of alkyl halides is 3. The number of nitrogens with zero attached hydrogens (tertiary/aromatic N) is 2. The fourth-order valence-electron chi connectivity index (χ4n) is 3.53. The third-order valence-corrected chi connectivity index (χ3v) is 4.81. The van der Waals surface area contributed by atoms with Gasteiger partial charge >= 0.3 is 6.36 Å². The second kappa shape index (κ2) is 6.62. The van der Waals surface area contributed by atoms with E-state index in [9.17, 15) is 18.0 Å². The normalized spacial score (nSPS) is 12.7. The summed E-state index contributed by atoms with van der Waals surface area (Å²) in [5, 5.41) is 0.687. The van der Waals surface area contributed by atoms with Gasteiger partial charge in [0.15, 0.2) is 0 Å². The summed E-state index contributed by atoms with van der Waals surface area (Å²) in [5.41, 5.74) is 2.93. The lowest BCUT2D eigenvalue weighted by Crippen LogP contribution is -2.17. The molecule has 1 aliphatic rings. The lowest BCUT2D eigenvalue weighted by Gasteiger charge is -2.13. The van der Waals surface area contributed by atoms with Crippen LogP contribution in [0.25, 0.3) is 22.3 Å². The molecule has 30 heavy (non-hydrogen) atoms. The summed E-state index contributed by atoms with van der Waals surface area (Å²) < 4.78 is 48.4. The van der Waals surface area contributed by atoms with Gasteiger partial charge in [0.1, 0.15) is 29.4 Å². The van der Waals surface area contributed by atoms with Gasteiger partial charge in [0.25, 0.3) is 5.91 Å². The van der Waals surface area contributed by atoms with Crippen molar-refractivity contribution in [2.45, 2.75) is 13.0 Å². The fraction of sp³-hybridized carbons (Fsp3) is 0.0909. The SMILES string of the molecule is O=C1c2c(nc3ccccc3c2OCc2ccc(OC(F)(F)F)cc2)-c2cccn21. The van der Waals surface area contributed by atoms with Crippen molar-refractivity contribution in [3.63, 3.8) is 0 Å². The first-order valence-electron chi connectivity index (χ1n) is 9.03. The predicted octanol–water partition coefficient (Wildman–Crippen LogP) is 5.18. The van der Waals surface area contributed by atoms with Gasteiger partial charge < -0.3 is 9.47 Å². The number of carbonyl (C=O) groups excluding carboxylic acids is 1. The third-order valence-electron chi connectivity index (χ3n) is 4.81. The Balaban J connectivity index is 1.50. The van der Waals surface area contributed by atoms with Crippen LogP contribution in [0.15, 0.2) is 66.9 Å². The topological polar surface area (TPSA) is 53.4 Å². The van der Waals surface area contributed by atoms with Gasteiger partial charge in [-0.3, -0.25) is 9.36 Å². The van der Waals surface area contributed by atoms with Gasteiger partial charge in [-0.05, 0) is 42.0 Å². The number of rotatable bonds is 4. The number of benzene rings is 2. The Hall–Kier alpha value is -3.81. The molecule has 1 aliphatic heterocycles. The van der Waals surface area contributed by atoms with E-state index in [0.717, 1.165) is 0 Å². The van der Waals surface area contributed by atoms with E-state index in [1.165, 1.54) is 28.8 Å². The summed E-state index contributed by atoms with van der Waals surface area (Å²) in [6.45, 7) is 0.0644. The van der Waals surface area contributed by atoms with Gasteiger partial charge in [-0.2, -0.15) is 0 Å². The first kappa shape index (κ1) is 18.2. The van der Waals surface area contributed by atoms with Gasteiger partial charge in [-0.1, -0.05) is 24.3 Å². The highest BCUT2D eigenvalue weighted by molar-refractivity contribution is 6.13. The predicted molar refractivity (Wildman–Crippen MR) is 102 cm³/mol. The Labute approximate surface area is 168 Å². The molecule has 2 aromatic heterocycles. The number of halogens is 3. The van der Waals surface area contributed by atoms with Gasteiger partial charge in [0, 0.05) is 11.6 Å². The largest absolute Gasteiger partial charge is 0.573 e. The molecular weight excluding hydrogens is 397 g/mol. The zero-order valence-corrected chi connectivity index (χ0v) is 15.3. The van der Waals surface area contributed by atoms with E-state index in [0.29, 0.717) is 39.2 Å². The average Bonchev–Trinajstić information content (AvgIpc) is 3.29. The first-order valence-corrected chi connectivity index (χ1v) is 9.03. The van der Waals surface area contributed by atoms with Crippen molar-refractivity contribution in [1.82, 2.24) is 9.55 Å². The average molecular weight is 410 g/mol. The van der Waals surface area contributed by atoms with Crippen LogP contribution in [0.2, 0.25) is 0 Å². The molecule has 150 valence electrons. The van der Waals surface area contributed by atoms with E-state index in [4.69, 9.17) is 4.74 Å². The minimum absolute atomic E-state index is 0.0644. The van der Waals surface area contributed by atoms with Crippen LogP contribution in [0.3, 0.4) is 0 Å². The zero-order valence-electron chi connectivity index (χ0n) is 15.3. The number of ether oxygens (including phenoxy) is 2. The summed E-state index contributed by atoms with van der Waals surface area (Å²) in [5.74, 6) is -0.136. The fourth-order valence-corrected chi connectivity index (χ4v) is 3.53.